The normalized spacial score (nSPS) is 14.3. The Morgan fingerprint density at radius 2 is 1.82 bits per heavy atom. The zero-order valence-corrected chi connectivity index (χ0v) is 18.2. The molecule has 0 saturated carbocycles. The number of halogens is 1. The Hall–Kier alpha value is -3.72. The largest absolute Gasteiger partial charge is 0.486 e. The Bertz CT molecular complexity index is 1140. The summed E-state index contributed by atoms with van der Waals surface area (Å²) in [4.78, 5) is 27.3. The number of nitrogens with zero attached hydrogens (tertiary/aromatic N) is 3. The molecule has 1 aliphatic heterocycles. The number of benzene rings is 2. The van der Waals surface area contributed by atoms with E-state index in [-0.39, 0.29) is 29.8 Å². The lowest BCUT2D eigenvalue weighted by Gasteiger charge is -2.34. The minimum Gasteiger partial charge on any atom is -0.486 e. The van der Waals surface area contributed by atoms with Gasteiger partial charge in [-0.1, -0.05) is 12.1 Å². The fourth-order valence-electron chi connectivity index (χ4n) is 3.76. The first-order valence-electron chi connectivity index (χ1n) is 10.6. The average Bonchev–Trinajstić information content (AvgIpc) is 3.28. The summed E-state index contributed by atoms with van der Waals surface area (Å²) in [6.07, 6.45) is 0. The topological polar surface area (TPSA) is 89.1 Å². The van der Waals surface area contributed by atoms with Gasteiger partial charge in [0, 0.05) is 44.4 Å². The van der Waals surface area contributed by atoms with Gasteiger partial charge in [-0.3, -0.25) is 19.8 Å². The van der Waals surface area contributed by atoms with Gasteiger partial charge in [-0.2, -0.15) is 0 Å². The Balaban J connectivity index is 1.28. The van der Waals surface area contributed by atoms with Crippen LogP contribution in [0, 0.1) is 22.9 Å². The molecule has 1 fully saturated rings. The van der Waals surface area contributed by atoms with Crippen LogP contribution in [0.15, 0.2) is 59.0 Å². The Labute approximate surface area is 190 Å². The maximum Gasteiger partial charge on any atom is 0.289 e. The molecule has 1 aliphatic rings. The second kappa shape index (κ2) is 9.83. The van der Waals surface area contributed by atoms with Gasteiger partial charge in [-0.05, 0) is 48.9 Å². The number of furan rings is 1. The summed E-state index contributed by atoms with van der Waals surface area (Å²) < 4.78 is 24.4. The van der Waals surface area contributed by atoms with Crippen LogP contribution < -0.4 is 4.74 Å². The summed E-state index contributed by atoms with van der Waals surface area (Å²) in [5, 5.41) is 10.9. The quantitative estimate of drug-likeness (QED) is 0.394. The summed E-state index contributed by atoms with van der Waals surface area (Å²) in [5.74, 6) is 0.804. The van der Waals surface area contributed by atoms with Crippen LogP contribution in [0.25, 0.3) is 0 Å². The number of piperazine rings is 1. The molecular formula is C24H24FN3O5. The van der Waals surface area contributed by atoms with Gasteiger partial charge in [0.15, 0.2) is 5.76 Å². The molecule has 9 heteroatoms. The lowest BCUT2D eigenvalue weighted by molar-refractivity contribution is -0.385. The number of rotatable bonds is 7. The van der Waals surface area contributed by atoms with Crippen LogP contribution >= 0.6 is 0 Å². The number of ether oxygens (including phenoxy) is 1. The van der Waals surface area contributed by atoms with Gasteiger partial charge in [0.2, 0.25) is 0 Å². The van der Waals surface area contributed by atoms with E-state index in [1.54, 1.807) is 42.2 Å². The van der Waals surface area contributed by atoms with Gasteiger partial charge in [0.25, 0.3) is 11.6 Å². The van der Waals surface area contributed by atoms with Crippen LogP contribution in [0.4, 0.5) is 10.1 Å². The zero-order valence-electron chi connectivity index (χ0n) is 18.2. The molecule has 3 aromatic rings. The molecule has 0 unspecified atom stereocenters. The van der Waals surface area contributed by atoms with Crippen molar-refractivity contribution in [2.24, 2.45) is 0 Å². The molecule has 0 aliphatic carbocycles. The highest BCUT2D eigenvalue weighted by atomic mass is 19.1. The van der Waals surface area contributed by atoms with E-state index in [0.29, 0.717) is 36.7 Å². The first-order valence-corrected chi connectivity index (χ1v) is 10.6. The molecule has 2 heterocycles. The van der Waals surface area contributed by atoms with Crippen molar-refractivity contribution in [3.63, 3.8) is 0 Å². The Kier molecular flexibility index (Phi) is 6.69. The predicted molar refractivity (Wildman–Crippen MR) is 118 cm³/mol. The minimum absolute atomic E-state index is 0.0333. The highest BCUT2D eigenvalue weighted by Crippen LogP contribution is 2.24. The van der Waals surface area contributed by atoms with Gasteiger partial charge < -0.3 is 14.1 Å². The number of carbonyl (C=O) groups is 1. The fraction of sp³-hybridized carbons (Fsp3) is 0.292. The first kappa shape index (κ1) is 22.5. The number of nitro groups is 1. The molecule has 0 bridgehead atoms. The SMILES string of the molecule is Cc1cc(OCc2ccc(C(=O)N3CCN(Cc4ccc(F)cc4)CC3)o2)ccc1[N+](=O)[O-]. The van der Waals surface area contributed by atoms with Gasteiger partial charge >= 0.3 is 0 Å². The summed E-state index contributed by atoms with van der Waals surface area (Å²) in [6, 6.07) is 14.3. The molecule has 4 rings (SSSR count). The van der Waals surface area contributed by atoms with Crippen LogP contribution in [-0.2, 0) is 13.2 Å². The van der Waals surface area contributed by atoms with E-state index < -0.39 is 4.92 Å². The van der Waals surface area contributed by atoms with Crippen LogP contribution in [0.1, 0.15) is 27.4 Å². The molecular weight excluding hydrogens is 429 g/mol. The number of hydrogen-bond donors (Lipinski definition) is 0. The van der Waals surface area contributed by atoms with E-state index in [2.05, 4.69) is 4.90 Å². The maximum atomic E-state index is 13.1. The molecule has 0 atom stereocenters. The molecule has 33 heavy (non-hydrogen) atoms. The van der Waals surface area contributed by atoms with E-state index in [1.807, 2.05) is 0 Å². The van der Waals surface area contributed by atoms with Crippen molar-refractivity contribution in [3.05, 3.63) is 93.2 Å². The second-order valence-corrected chi connectivity index (χ2v) is 7.95. The van der Waals surface area contributed by atoms with E-state index in [1.165, 1.54) is 24.3 Å². The van der Waals surface area contributed by atoms with E-state index in [4.69, 9.17) is 9.15 Å². The fourth-order valence-corrected chi connectivity index (χ4v) is 3.76. The van der Waals surface area contributed by atoms with Gasteiger partial charge in [-0.15, -0.1) is 0 Å². The zero-order chi connectivity index (χ0) is 23.4. The van der Waals surface area contributed by atoms with Gasteiger partial charge in [0.05, 0.1) is 4.92 Å². The third-order valence-corrected chi connectivity index (χ3v) is 5.60. The van der Waals surface area contributed by atoms with Crippen molar-refractivity contribution in [1.82, 2.24) is 9.80 Å². The molecule has 2 aromatic carbocycles. The number of aryl methyl sites for hydroxylation is 1. The molecule has 8 nitrogen and oxygen atoms in total. The molecule has 1 amide bonds. The summed E-state index contributed by atoms with van der Waals surface area (Å²) in [6.45, 7) is 5.07. The number of carbonyl (C=O) groups excluding carboxylic acids is 1. The third kappa shape index (κ3) is 5.56. The maximum absolute atomic E-state index is 13.1. The number of hydrogen-bond acceptors (Lipinski definition) is 6. The van der Waals surface area contributed by atoms with Crippen molar-refractivity contribution in [2.75, 3.05) is 26.2 Å². The monoisotopic (exact) mass is 453 g/mol. The van der Waals surface area contributed by atoms with E-state index in [9.17, 15) is 19.3 Å². The molecule has 172 valence electrons. The van der Waals surface area contributed by atoms with Gasteiger partial charge in [0.1, 0.15) is 23.9 Å². The van der Waals surface area contributed by atoms with Crippen molar-refractivity contribution in [2.45, 2.75) is 20.1 Å². The first-order chi connectivity index (χ1) is 15.9. The van der Waals surface area contributed by atoms with Crippen molar-refractivity contribution in [1.29, 1.82) is 0 Å². The second-order valence-electron chi connectivity index (χ2n) is 7.95. The lowest BCUT2D eigenvalue weighted by atomic mass is 10.2. The minimum atomic E-state index is -0.438. The molecule has 0 radical (unpaired) electrons. The third-order valence-electron chi connectivity index (χ3n) is 5.60. The van der Waals surface area contributed by atoms with Crippen molar-refractivity contribution >= 4 is 11.6 Å². The highest BCUT2D eigenvalue weighted by molar-refractivity contribution is 5.91. The van der Waals surface area contributed by atoms with E-state index in [0.717, 1.165) is 18.7 Å². The Morgan fingerprint density at radius 3 is 2.48 bits per heavy atom. The summed E-state index contributed by atoms with van der Waals surface area (Å²) >= 11 is 0. The van der Waals surface area contributed by atoms with Crippen LogP contribution in [0.2, 0.25) is 0 Å². The lowest BCUT2D eigenvalue weighted by Crippen LogP contribution is -2.48. The van der Waals surface area contributed by atoms with Gasteiger partial charge in [-0.25, -0.2) is 4.39 Å². The summed E-state index contributed by atoms with van der Waals surface area (Å²) in [7, 11) is 0. The smallest absolute Gasteiger partial charge is 0.289 e. The number of amides is 1. The Morgan fingerprint density at radius 1 is 1.09 bits per heavy atom. The van der Waals surface area contributed by atoms with E-state index >= 15 is 0 Å². The highest BCUT2D eigenvalue weighted by Gasteiger charge is 2.24. The average molecular weight is 453 g/mol. The molecule has 1 aromatic heterocycles. The van der Waals surface area contributed by atoms with Crippen molar-refractivity contribution < 1.29 is 23.3 Å². The molecule has 0 N–H and O–H groups in total. The van der Waals surface area contributed by atoms with Crippen molar-refractivity contribution in [3.8, 4) is 5.75 Å². The predicted octanol–water partition coefficient (Wildman–Crippen LogP) is 4.17. The van der Waals surface area contributed by atoms with Crippen LogP contribution in [0.5, 0.6) is 5.75 Å². The van der Waals surface area contributed by atoms with Crippen LogP contribution in [-0.4, -0.2) is 46.8 Å². The van der Waals surface area contributed by atoms with Crippen LogP contribution in [0.3, 0.4) is 0 Å². The standard InChI is InChI=1S/C24H24FN3O5/c1-17-14-20(6-8-22(17)28(30)31)32-16-21-7-9-23(33-21)24(29)27-12-10-26(11-13-27)15-18-2-4-19(25)5-3-18/h2-9,14H,10-13,15-16H2,1H3. The molecule has 1 saturated heterocycles. The molecule has 0 spiro atoms. The number of nitro benzene ring substituents is 1. The summed E-state index contributed by atoms with van der Waals surface area (Å²) in [5.41, 5.74) is 1.58.